The Morgan fingerprint density at radius 2 is 1.09 bits per heavy atom. The number of nitrogens with zero attached hydrogens (tertiary/aromatic N) is 3. The molecule has 3 aromatic heterocycles. The van der Waals surface area contributed by atoms with Gasteiger partial charge in [-0.1, -0.05) is 115 Å². The fraction of sp³-hybridized carbons (Fsp3) is 0. The summed E-state index contributed by atoms with van der Waals surface area (Å²) < 4.78 is 2.50. The Bertz CT molecular complexity index is 2510. The lowest BCUT2D eigenvalue weighted by Gasteiger charge is -2.13. The zero-order chi connectivity index (χ0) is 28.3. The first-order chi connectivity index (χ1) is 21.3. The summed E-state index contributed by atoms with van der Waals surface area (Å²) in [6.45, 7) is 0. The summed E-state index contributed by atoms with van der Waals surface area (Å²) in [4.78, 5) is 15.8. The van der Waals surface area contributed by atoms with Crippen molar-refractivity contribution >= 4 is 64.1 Å². The fourth-order valence-corrected chi connectivity index (χ4v) is 7.39. The molecular weight excluding hydrogens is 543 g/mol. The number of fused-ring (bicyclic) bond motifs is 8. The average Bonchev–Trinajstić information content (AvgIpc) is 3.47. The first-order valence-corrected chi connectivity index (χ1v) is 15.2. The van der Waals surface area contributed by atoms with Crippen molar-refractivity contribution in [2.75, 3.05) is 0 Å². The topological polar surface area (TPSA) is 38.7 Å². The van der Waals surface area contributed by atoms with E-state index >= 15 is 0 Å². The number of pyridine rings is 1. The standard InChI is InChI=1S/C39H23N3S/c1-2-11-24(12-3-1)25-13-10-14-26(23-25)36-30-17-6-8-19-32(30)40-39(42-36)38-28-16-5-4-15-27(28)29-21-22-34-35(37(29)41-38)31-18-7-9-20-33(31)43-34/h1-23H. The van der Waals surface area contributed by atoms with E-state index < -0.39 is 0 Å². The molecule has 0 atom stereocenters. The molecule has 9 rings (SSSR count). The van der Waals surface area contributed by atoms with Crippen LogP contribution in [0.3, 0.4) is 0 Å². The van der Waals surface area contributed by atoms with E-state index in [4.69, 9.17) is 15.0 Å². The Labute approximate surface area is 251 Å². The van der Waals surface area contributed by atoms with Crippen molar-refractivity contribution < 1.29 is 0 Å². The van der Waals surface area contributed by atoms with Gasteiger partial charge in [0.15, 0.2) is 5.82 Å². The van der Waals surface area contributed by atoms with Crippen LogP contribution in [0.25, 0.3) is 86.7 Å². The highest BCUT2D eigenvalue weighted by Crippen LogP contribution is 2.41. The summed E-state index contributed by atoms with van der Waals surface area (Å²) >= 11 is 1.81. The number of para-hydroxylation sites is 1. The molecule has 0 unspecified atom stereocenters. The Morgan fingerprint density at radius 3 is 1.98 bits per heavy atom. The molecule has 6 aromatic carbocycles. The summed E-state index contributed by atoms with van der Waals surface area (Å²) in [7, 11) is 0. The van der Waals surface area contributed by atoms with Gasteiger partial charge in [-0.3, -0.25) is 0 Å². The second-order valence-corrected chi connectivity index (χ2v) is 11.9. The molecule has 0 aliphatic heterocycles. The summed E-state index contributed by atoms with van der Waals surface area (Å²) in [5, 5.41) is 6.80. The van der Waals surface area contributed by atoms with Crippen molar-refractivity contribution in [3.8, 4) is 33.9 Å². The second-order valence-electron chi connectivity index (χ2n) is 10.8. The van der Waals surface area contributed by atoms with Gasteiger partial charge in [0, 0.05) is 41.9 Å². The smallest absolute Gasteiger partial charge is 0.179 e. The Kier molecular flexibility index (Phi) is 5.37. The highest BCUT2D eigenvalue weighted by Gasteiger charge is 2.19. The van der Waals surface area contributed by atoms with Gasteiger partial charge >= 0.3 is 0 Å². The zero-order valence-corrected chi connectivity index (χ0v) is 23.8. The molecule has 200 valence electrons. The van der Waals surface area contributed by atoms with Crippen molar-refractivity contribution in [1.29, 1.82) is 0 Å². The third kappa shape index (κ3) is 3.84. The number of hydrogen-bond donors (Lipinski definition) is 0. The van der Waals surface area contributed by atoms with E-state index in [0.717, 1.165) is 55.1 Å². The van der Waals surface area contributed by atoms with Crippen LogP contribution in [-0.4, -0.2) is 15.0 Å². The first-order valence-electron chi connectivity index (χ1n) is 14.4. The predicted molar refractivity (Wildman–Crippen MR) is 182 cm³/mol. The highest BCUT2D eigenvalue weighted by molar-refractivity contribution is 7.26. The van der Waals surface area contributed by atoms with Gasteiger partial charge in [-0.25, -0.2) is 15.0 Å². The number of aromatic nitrogens is 3. The molecular formula is C39H23N3S. The summed E-state index contributed by atoms with van der Waals surface area (Å²) in [6.07, 6.45) is 0. The third-order valence-electron chi connectivity index (χ3n) is 8.27. The minimum absolute atomic E-state index is 0.633. The first kappa shape index (κ1) is 24.2. The van der Waals surface area contributed by atoms with Crippen molar-refractivity contribution in [2.45, 2.75) is 0 Å². The molecule has 0 amide bonds. The lowest BCUT2D eigenvalue weighted by atomic mass is 9.99. The molecule has 0 spiro atoms. The summed E-state index contributed by atoms with van der Waals surface area (Å²) in [5.74, 6) is 0.633. The average molecular weight is 566 g/mol. The van der Waals surface area contributed by atoms with Gasteiger partial charge in [0.25, 0.3) is 0 Å². The molecule has 3 heterocycles. The second kappa shape index (κ2) is 9.55. The molecule has 43 heavy (non-hydrogen) atoms. The van der Waals surface area contributed by atoms with Crippen LogP contribution in [0.5, 0.6) is 0 Å². The quantitative estimate of drug-likeness (QED) is 0.200. The Balaban J connectivity index is 1.36. The molecule has 3 nitrogen and oxygen atoms in total. The van der Waals surface area contributed by atoms with Gasteiger partial charge in [-0.2, -0.15) is 0 Å². The lowest BCUT2D eigenvalue weighted by molar-refractivity contribution is 1.20. The van der Waals surface area contributed by atoms with Gasteiger partial charge in [0.05, 0.1) is 16.7 Å². The van der Waals surface area contributed by atoms with Gasteiger partial charge in [-0.15, -0.1) is 11.3 Å². The monoisotopic (exact) mass is 565 g/mol. The number of thiophene rings is 1. The molecule has 0 aliphatic rings. The fourth-order valence-electron chi connectivity index (χ4n) is 6.28. The van der Waals surface area contributed by atoms with Gasteiger partial charge in [0.2, 0.25) is 0 Å². The largest absolute Gasteiger partial charge is 0.243 e. The van der Waals surface area contributed by atoms with Crippen LogP contribution >= 0.6 is 11.3 Å². The van der Waals surface area contributed by atoms with Gasteiger partial charge in [0.1, 0.15) is 5.69 Å². The Hall–Kier alpha value is -5.45. The van der Waals surface area contributed by atoms with Crippen molar-refractivity contribution in [2.24, 2.45) is 0 Å². The van der Waals surface area contributed by atoms with E-state index in [1.807, 2.05) is 23.5 Å². The maximum Gasteiger partial charge on any atom is 0.179 e. The molecule has 0 fully saturated rings. The Morgan fingerprint density at radius 1 is 0.395 bits per heavy atom. The van der Waals surface area contributed by atoms with Crippen LogP contribution in [0, 0.1) is 0 Å². The van der Waals surface area contributed by atoms with Crippen LogP contribution in [0.2, 0.25) is 0 Å². The van der Waals surface area contributed by atoms with Crippen LogP contribution in [-0.2, 0) is 0 Å². The van der Waals surface area contributed by atoms with Gasteiger partial charge in [-0.05, 0) is 40.8 Å². The molecule has 9 aromatic rings. The molecule has 0 saturated carbocycles. The maximum absolute atomic E-state index is 5.41. The van der Waals surface area contributed by atoms with Crippen LogP contribution in [0.1, 0.15) is 0 Å². The predicted octanol–water partition coefficient (Wildman–Crippen LogP) is 10.7. The molecule has 0 saturated heterocycles. The van der Waals surface area contributed by atoms with E-state index in [-0.39, 0.29) is 0 Å². The summed E-state index contributed by atoms with van der Waals surface area (Å²) in [6, 6.07) is 48.9. The molecule has 0 bridgehead atoms. The van der Waals surface area contributed by atoms with Crippen LogP contribution in [0.15, 0.2) is 140 Å². The number of benzene rings is 6. The van der Waals surface area contributed by atoms with Gasteiger partial charge < -0.3 is 0 Å². The van der Waals surface area contributed by atoms with Crippen LogP contribution in [0.4, 0.5) is 0 Å². The van der Waals surface area contributed by atoms with E-state index in [1.54, 1.807) is 0 Å². The lowest BCUT2D eigenvalue weighted by Crippen LogP contribution is -1.98. The molecule has 0 aliphatic carbocycles. The van der Waals surface area contributed by atoms with E-state index in [1.165, 1.54) is 25.7 Å². The minimum Gasteiger partial charge on any atom is -0.243 e. The molecule has 4 heteroatoms. The highest BCUT2D eigenvalue weighted by atomic mass is 32.1. The van der Waals surface area contributed by atoms with E-state index in [9.17, 15) is 0 Å². The van der Waals surface area contributed by atoms with Crippen molar-refractivity contribution in [3.05, 3.63) is 140 Å². The number of hydrogen-bond acceptors (Lipinski definition) is 4. The maximum atomic E-state index is 5.41. The SMILES string of the molecule is c1ccc(-c2cccc(-c3nc(-c4nc5c(ccc6sc7ccccc7c65)c5ccccc45)nc4ccccc34)c2)cc1. The van der Waals surface area contributed by atoms with Crippen molar-refractivity contribution in [1.82, 2.24) is 15.0 Å². The summed E-state index contributed by atoms with van der Waals surface area (Å²) in [5.41, 5.74) is 6.99. The molecule has 0 N–H and O–H groups in total. The molecule has 0 radical (unpaired) electrons. The van der Waals surface area contributed by atoms with E-state index in [2.05, 4.69) is 127 Å². The normalized spacial score (nSPS) is 11.7. The number of rotatable bonds is 3. The van der Waals surface area contributed by atoms with Crippen molar-refractivity contribution in [3.63, 3.8) is 0 Å². The minimum atomic E-state index is 0.633. The van der Waals surface area contributed by atoms with E-state index in [0.29, 0.717) is 5.82 Å². The third-order valence-corrected chi connectivity index (χ3v) is 9.41. The van der Waals surface area contributed by atoms with Crippen LogP contribution < -0.4 is 0 Å². The zero-order valence-electron chi connectivity index (χ0n) is 23.0.